The van der Waals surface area contributed by atoms with Crippen molar-refractivity contribution in [1.29, 1.82) is 0 Å². The number of carboxylic acid groups (broad SMARTS) is 1. The number of hydrogen-bond donors (Lipinski definition) is 1. The standard InChI is InChI=1S/C35H36FNO2/c36-18-5-19-37-22-25(23-37)20-24-12-14-27(15-13-24)34-31-17-16-29(35(38)39)21-28(31)8-4-11-33(34)32-10-3-7-26-6-1-2-9-30(26)32/h3,7,10,12-17,20-21H,1-2,4-6,8-9,11,18-19,22-23H2,(H,38,39). The molecule has 1 heterocycles. The van der Waals surface area contributed by atoms with Crippen LogP contribution in [0.5, 0.6) is 0 Å². The van der Waals surface area contributed by atoms with Crippen molar-refractivity contribution in [2.75, 3.05) is 26.3 Å². The fourth-order valence-electron chi connectivity index (χ4n) is 6.63. The Labute approximate surface area is 230 Å². The van der Waals surface area contributed by atoms with Gasteiger partial charge in [-0.25, -0.2) is 4.79 Å². The summed E-state index contributed by atoms with van der Waals surface area (Å²) in [6.45, 7) is 2.43. The SMILES string of the molecule is O=C(O)c1ccc2c(c1)CCCC(c1cccc3c1CCCC3)=C2c1ccc(C=C2CN(CCCF)C2)cc1. The Bertz CT molecular complexity index is 1440. The molecule has 200 valence electrons. The first-order chi connectivity index (χ1) is 19.1. The summed E-state index contributed by atoms with van der Waals surface area (Å²) in [5.74, 6) is -0.874. The highest BCUT2D eigenvalue weighted by molar-refractivity contribution is 6.01. The average molecular weight is 522 g/mol. The molecule has 0 bridgehead atoms. The van der Waals surface area contributed by atoms with E-state index in [1.807, 2.05) is 12.1 Å². The van der Waals surface area contributed by atoms with Crippen molar-refractivity contribution in [3.05, 3.63) is 111 Å². The first-order valence-electron chi connectivity index (χ1n) is 14.4. The second-order valence-electron chi connectivity index (χ2n) is 11.2. The summed E-state index contributed by atoms with van der Waals surface area (Å²) >= 11 is 0. The first-order valence-corrected chi connectivity index (χ1v) is 14.4. The van der Waals surface area contributed by atoms with Crippen LogP contribution in [0.15, 0.2) is 66.2 Å². The summed E-state index contributed by atoms with van der Waals surface area (Å²) in [4.78, 5) is 14.0. The topological polar surface area (TPSA) is 40.5 Å². The van der Waals surface area contributed by atoms with Gasteiger partial charge in [0.15, 0.2) is 0 Å². The van der Waals surface area contributed by atoms with Crippen molar-refractivity contribution in [2.45, 2.75) is 51.4 Å². The maximum Gasteiger partial charge on any atom is 0.335 e. The predicted octanol–water partition coefficient (Wildman–Crippen LogP) is 7.62. The van der Waals surface area contributed by atoms with Gasteiger partial charge in [0.25, 0.3) is 0 Å². The Kier molecular flexibility index (Phi) is 7.47. The normalized spacial score (nSPS) is 17.2. The van der Waals surface area contributed by atoms with Crippen LogP contribution in [0.25, 0.3) is 17.2 Å². The molecule has 39 heavy (non-hydrogen) atoms. The van der Waals surface area contributed by atoms with E-state index in [1.165, 1.54) is 57.4 Å². The zero-order valence-corrected chi connectivity index (χ0v) is 22.5. The van der Waals surface area contributed by atoms with Gasteiger partial charge in [0.2, 0.25) is 0 Å². The van der Waals surface area contributed by atoms with E-state index in [2.05, 4.69) is 53.4 Å². The Morgan fingerprint density at radius 1 is 0.872 bits per heavy atom. The van der Waals surface area contributed by atoms with E-state index in [0.717, 1.165) is 62.9 Å². The zero-order chi connectivity index (χ0) is 26.8. The van der Waals surface area contributed by atoms with E-state index in [4.69, 9.17) is 0 Å². The van der Waals surface area contributed by atoms with Gasteiger partial charge in [-0.05, 0) is 119 Å². The molecule has 3 aromatic rings. The van der Waals surface area contributed by atoms with E-state index in [-0.39, 0.29) is 6.67 Å². The Hall–Kier alpha value is -3.50. The van der Waals surface area contributed by atoms with Gasteiger partial charge < -0.3 is 5.11 Å². The van der Waals surface area contributed by atoms with Gasteiger partial charge in [0.1, 0.15) is 0 Å². The minimum atomic E-state index is -0.874. The predicted molar refractivity (Wildman–Crippen MR) is 157 cm³/mol. The van der Waals surface area contributed by atoms with E-state index in [1.54, 1.807) is 6.07 Å². The molecule has 3 aliphatic rings. The lowest BCUT2D eigenvalue weighted by atomic mass is 9.81. The van der Waals surface area contributed by atoms with E-state index in [0.29, 0.717) is 12.0 Å². The van der Waals surface area contributed by atoms with E-state index >= 15 is 0 Å². The molecule has 6 rings (SSSR count). The number of fused-ring (bicyclic) bond motifs is 2. The van der Waals surface area contributed by atoms with Crippen molar-refractivity contribution >= 4 is 23.2 Å². The number of alkyl halides is 1. The molecule has 3 aromatic carbocycles. The van der Waals surface area contributed by atoms with Gasteiger partial charge in [0, 0.05) is 19.6 Å². The molecule has 0 aromatic heterocycles. The third-order valence-corrected chi connectivity index (χ3v) is 8.55. The molecule has 1 aliphatic heterocycles. The number of aromatic carboxylic acids is 1. The second kappa shape index (κ2) is 11.3. The number of carboxylic acids is 1. The molecule has 1 fully saturated rings. The number of allylic oxidation sites excluding steroid dienone is 1. The van der Waals surface area contributed by atoms with Crippen LogP contribution in [0.4, 0.5) is 4.39 Å². The maximum atomic E-state index is 12.5. The first kappa shape index (κ1) is 25.8. The summed E-state index contributed by atoms with van der Waals surface area (Å²) in [5.41, 5.74) is 13.4. The zero-order valence-electron chi connectivity index (χ0n) is 22.5. The van der Waals surface area contributed by atoms with Gasteiger partial charge >= 0.3 is 5.97 Å². The van der Waals surface area contributed by atoms with Crippen molar-refractivity contribution in [2.24, 2.45) is 0 Å². The van der Waals surface area contributed by atoms with E-state index < -0.39 is 5.97 Å². The van der Waals surface area contributed by atoms with Crippen LogP contribution >= 0.6 is 0 Å². The Balaban J connectivity index is 1.42. The second-order valence-corrected chi connectivity index (χ2v) is 11.2. The molecule has 4 heteroatoms. The number of halogens is 1. The largest absolute Gasteiger partial charge is 0.478 e. The molecule has 1 N–H and O–H groups in total. The summed E-state index contributed by atoms with van der Waals surface area (Å²) in [6.07, 6.45) is 10.5. The van der Waals surface area contributed by atoms with Crippen molar-refractivity contribution in [3.63, 3.8) is 0 Å². The minimum absolute atomic E-state index is 0.249. The highest BCUT2D eigenvalue weighted by atomic mass is 19.1. The Morgan fingerprint density at radius 3 is 2.46 bits per heavy atom. The lowest BCUT2D eigenvalue weighted by molar-refractivity contribution is 0.0696. The molecule has 0 amide bonds. The molecule has 3 nitrogen and oxygen atoms in total. The Morgan fingerprint density at radius 2 is 1.67 bits per heavy atom. The molecule has 0 radical (unpaired) electrons. The lowest BCUT2D eigenvalue weighted by Gasteiger charge is -2.33. The van der Waals surface area contributed by atoms with Crippen LogP contribution in [0.2, 0.25) is 0 Å². The maximum absolute atomic E-state index is 12.5. The highest BCUT2D eigenvalue weighted by Gasteiger charge is 2.24. The van der Waals surface area contributed by atoms with Crippen LogP contribution in [0.3, 0.4) is 0 Å². The van der Waals surface area contributed by atoms with Gasteiger partial charge in [-0.15, -0.1) is 0 Å². The highest BCUT2D eigenvalue weighted by Crippen LogP contribution is 2.42. The average Bonchev–Trinajstić information content (AvgIpc) is 3.13. The number of benzene rings is 3. The van der Waals surface area contributed by atoms with Crippen molar-refractivity contribution in [3.8, 4) is 0 Å². The molecule has 0 unspecified atom stereocenters. The van der Waals surface area contributed by atoms with Crippen molar-refractivity contribution < 1.29 is 14.3 Å². The lowest BCUT2D eigenvalue weighted by Crippen LogP contribution is -2.40. The molecule has 0 saturated carbocycles. The number of likely N-dealkylation sites (tertiary alicyclic amines) is 1. The third-order valence-electron chi connectivity index (χ3n) is 8.55. The number of aryl methyl sites for hydroxylation is 2. The number of nitrogens with zero attached hydrogens (tertiary/aromatic N) is 1. The smallest absolute Gasteiger partial charge is 0.335 e. The third kappa shape index (κ3) is 5.35. The number of carbonyl (C=O) groups is 1. The molecular formula is C35H36FNO2. The summed E-state index contributed by atoms with van der Waals surface area (Å²) in [7, 11) is 0. The fourth-order valence-corrected chi connectivity index (χ4v) is 6.63. The van der Waals surface area contributed by atoms with Crippen LogP contribution in [0.1, 0.15) is 81.4 Å². The van der Waals surface area contributed by atoms with Crippen LogP contribution in [-0.2, 0) is 19.3 Å². The molecule has 1 saturated heterocycles. The summed E-state index contributed by atoms with van der Waals surface area (Å²) in [6, 6.07) is 21.4. The fraction of sp³-hybridized carbons (Fsp3) is 0.343. The minimum Gasteiger partial charge on any atom is -0.478 e. The molecule has 2 aliphatic carbocycles. The van der Waals surface area contributed by atoms with Crippen molar-refractivity contribution in [1.82, 2.24) is 4.90 Å². The summed E-state index contributed by atoms with van der Waals surface area (Å²) in [5, 5.41) is 9.65. The quantitative estimate of drug-likeness (QED) is 0.348. The van der Waals surface area contributed by atoms with Gasteiger partial charge in [0.05, 0.1) is 12.2 Å². The number of rotatable bonds is 7. The number of hydrogen-bond acceptors (Lipinski definition) is 2. The van der Waals surface area contributed by atoms with Crippen LogP contribution in [-0.4, -0.2) is 42.3 Å². The van der Waals surface area contributed by atoms with Gasteiger partial charge in [-0.3, -0.25) is 9.29 Å². The molecule has 0 spiro atoms. The molecular weight excluding hydrogens is 485 g/mol. The van der Waals surface area contributed by atoms with Crippen LogP contribution in [0, 0.1) is 0 Å². The van der Waals surface area contributed by atoms with Gasteiger partial charge in [-0.2, -0.15) is 0 Å². The monoisotopic (exact) mass is 521 g/mol. The summed E-state index contributed by atoms with van der Waals surface area (Å²) < 4.78 is 12.5. The van der Waals surface area contributed by atoms with E-state index in [9.17, 15) is 14.3 Å². The van der Waals surface area contributed by atoms with Gasteiger partial charge in [-0.1, -0.05) is 54.6 Å². The van der Waals surface area contributed by atoms with Crippen LogP contribution < -0.4 is 0 Å². The molecule has 0 atom stereocenters.